The van der Waals surface area contributed by atoms with Gasteiger partial charge < -0.3 is 4.74 Å². The first-order valence-corrected chi connectivity index (χ1v) is 5.11. The summed E-state index contributed by atoms with van der Waals surface area (Å²) in [6.45, 7) is 5.07. The van der Waals surface area contributed by atoms with E-state index in [9.17, 15) is 0 Å². The lowest BCUT2D eigenvalue weighted by atomic mass is 9.90. The van der Waals surface area contributed by atoms with Crippen LogP contribution in [-0.2, 0) is 4.74 Å². The lowest BCUT2D eigenvalue weighted by Gasteiger charge is -2.25. The van der Waals surface area contributed by atoms with Gasteiger partial charge in [0.2, 0.25) is 0 Å². The third kappa shape index (κ3) is 2.49. The smallest absolute Gasteiger partial charge is 0.0645 e. The number of alkyl halides is 1. The molecule has 70 valence electrons. The van der Waals surface area contributed by atoms with E-state index in [1.807, 2.05) is 0 Å². The summed E-state index contributed by atoms with van der Waals surface area (Å²) in [5.41, 5.74) is 0.282. The van der Waals surface area contributed by atoms with E-state index < -0.39 is 0 Å². The standard InChI is InChI=1S/C10H17ClO/c1-2-7-12-9-10(8-11)5-3-4-6-10/h2H,1,3-9H2. The summed E-state index contributed by atoms with van der Waals surface area (Å²) in [5, 5.41) is 0. The molecule has 0 saturated heterocycles. The summed E-state index contributed by atoms with van der Waals surface area (Å²) >= 11 is 5.94. The predicted octanol–water partition coefficient (Wildman–Crippen LogP) is 2.99. The maximum atomic E-state index is 5.94. The molecule has 0 heterocycles. The molecule has 0 aliphatic heterocycles. The van der Waals surface area contributed by atoms with E-state index in [1.165, 1.54) is 25.7 Å². The van der Waals surface area contributed by atoms with Crippen LogP contribution < -0.4 is 0 Å². The Kier molecular flexibility index (Phi) is 4.10. The highest BCUT2D eigenvalue weighted by molar-refractivity contribution is 6.18. The van der Waals surface area contributed by atoms with Crippen molar-refractivity contribution >= 4 is 11.6 Å². The predicted molar refractivity (Wildman–Crippen MR) is 52.6 cm³/mol. The van der Waals surface area contributed by atoms with Crippen molar-refractivity contribution in [2.24, 2.45) is 5.41 Å². The van der Waals surface area contributed by atoms with E-state index in [0.29, 0.717) is 6.61 Å². The van der Waals surface area contributed by atoms with Crippen LogP contribution >= 0.6 is 11.6 Å². The highest BCUT2D eigenvalue weighted by Crippen LogP contribution is 2.39. The Morgan fingerprint density at radius 1 is 1.42 bits per heavy atom. The van der Waals surface area contributed by atoms with Crippen LogP contribution in [0.4, 0.5) is 0 Å². The van der Waals surface area contributed by atoms with Gasteiger partial charge in [0.25, 0.3) is 0 Å². The first-order valence-electron chi connectivity index (χ1n) is 4.58. The van der Waals surface area contributed by atoms with E-state index >= 15 is 0 Å². The van der Waals surface area contributed by atoms with Crippen LogP contribution in [0.2, 0.25) is 0 Å². The van der Waals surface area contributed by atoms with Crippen molar-refractivity contribution in [2.75, 3.05) is 19.1 Å². The van der Waals surface area contributed by atoms with Gasteiger partial charge in [-0.25, -0.2) is 0 Å². The van der Waals surface area contributed by atoms with Crippen LogP contribution in [0.1, 0.15) is 25.7 Å². The monoisotopic (exact) mass is 188 g/mol. The van der Waals surface area contributed by atoms with Crippen molar-refractivity contribution < 1.29 is 4.74 Å². The Morgan fingerprint density at radius 3 is 2.58 bits per heavy atom. The summed E-state index contributed by atoms with van der Waals surface area (Å²) in [4.78, 5) is 0. The fourth-order valence-corrected chi connectivity index (χ4v) is 2.14. The molecule has 0 atom stereocenters. The fraction of sp³-hybridized carbons (Fsp3) is 0.800. The van der Waals surface area contributed by atoms with Gasteiger partial charge >= 0.3 is 0 Å². The third-order valence-electron chi connectivity index (χ3n) is 2.59. The molecule has 0 bridgehead atoms. The lowest BCUT2D eigenvalue weighted by Crippen LogP contribution is -2.25. The normalized spacial score (nSPS) is 21.1. The largest absolute Gasteiger partial charge is 0.377 e. The second-order valence-electron chi connectivity index (χ2n) is 3.64. The molecule has 1 fully saturated rings. The first-order chi connectivity index (χ1) is 5.83. The van der Waals surface area contributed by atoms with Crippen LogP contribution in [0.25, 0.3) is 0 Å². The SMILES string of the molecule is C=CCOCC1(CCl)CCCC1. The maximum Gasteiger partial charge on any atom is 0.0645 e. The van der Waals surface area contributed by atoms with Crippen LogP contribution in [0.5, 0.6) is 0 Å². The quantitative estimate of drug-likeness (QED) is 0.366. The average molecular weight is 189 g/mol. The number of hydrogen-bond donors (Lipinski definition) is 0. The minimum absolute atomic E-state index is 0.282. The number of halogens is 1. The molecule has 1 rings (SSSR count). The van der Waals surface area contributed by atoms with E-state index in [1.54, 1.807) is 6.08 Å². The van der Waals surface area contributed by atoms with E-state index in [0.717, 1.165) is 12.5 Å². The van der Waals surface area contributed by atoms with E-state index in [-0.39, 0.29) is 5.41 Å². The van der Waals surface area contributed by atoms with Gasteiger partial charge in [0.1, 0.15) is 0 Å². The topological polar surface area (TPSA) is 9.23 Å². The van der Waals surface area contributed by atoms with Gasteiger partial charge in [0.05, 0.1) is 13.2 Å². The van der Waals surface area contributed by atoms with Gasteiger partial charge in [-0.1, -0.05) is 18.9 Å². The van der Waals surface area contributed by atoms with E-state index in [4.69, 9.17) is 16.3 Å². The highest BCUT2D eigenvalue weighted by atomic mass is 35.5. The molecule has 0 N–H and O–H groups in total. The van der Waals surface area contributed by atoms with Crippen molar-refractivity contribution in [1.29, 1.82) is 0 Å². The summed E-state index contributed by atoms with van der Waals surface area (Å²) in [6.07, 6.45) is 6.87. The highest BCUT2D eigenvalue weighted by Gasteiger charge is 2.32. The van der Waals surface area contributed by atoms with Crippen molar-refractivity contribution in [2.45, 2.75) is 25.7 Å². The molecule has 1 aliphatic carbocycles. The minimum Gasteiger partial charge on any atom is -0.377 e. The van der Waals surface area contributed by atoms with Crippen LogP contribution in [0.15, 0.2) is 12.7 Å². The van der Waals surface area contributed by atoms with Gasteiger partial charge in [-0.2, -0.15) is 0 Å². The molecular formula is C10H17ClO. The lowest BCUT2D eigenvalue weighted by molar-refractivity contribution is 0.0761. The van der Waals surface area contributed by atoms with Crippen molar-refractivity contribution in [3.63, 3.8) is 0 Å². The number of ether oxygens (including phenoxy) is 1. The Bertz CT molecular complexity index is 139. The molecule has 1 nitrogen and oxygen atoms in total. The maximum absolute atomic E-state index is 5.94. The zero-order valence-electron chi connectivity index (χ0n) is 7.52. The molecule has 1 saturated carbocycles. The number of hydrogen-bond acceptors (Lipinski definition) is 1. The molecule has 12 heavy (non-hydrogen) atoms. The molecule has 0 unspecified atom stereocenters. The Labute approximate surface area is 79.7 Å². The molecule has 0 aromatic heterocycles. The number of rotatable bonds is 5. The van der Waals surface area contributed by atoms with E-state index in [2.05, 4.69) is 6.58 Å². The molecule has 2 heteroatoms. The van der Waals surface area contributed by atoms with Crippen LogP contribution in [-0.4, -0.2) is 19.1 Å². The van der Waals surface area contributed by atoms with Crippen molar-refractivity contribution in [1.82, 2.24) is 0 Å². The third-order valence-corrected chi connectivity index (χ3v) is 3.16. The van der Waals surface area contributed by atoms with Gasteiger partial charge in [0.15, 0.2) is 0 Å². The average Bonchev–Trinajstić information content (AvgIpc) is 2.55. The van der Waals surface area contributed by atoms with Crippen molar-refractivity contribution in [3.05, 3.63) is 12.7 Å². The van der Waals surface area contributed by atoms with Gasteiger partial charge in [-0.05, 0) is 12.8 Å². The second-order valence-corrected chi connectivity index (χ2v) is 3.91. The van der Waals surface area contributed by atoms with Gasteiger partial charge in [-0.3, -0.25) is 0 Å². The van der Waals surface area contributed by atoms with Gasteiger partial charge in [0, 0.05) is 11.3 Å². The first kappa shape index (κ1) is 10.1. The molecule has 1 aliphatic rings. The summed E-state index contributed by atoms with van der Waals surface area (Å²) in [5.74, 6) is 0.740. The summed E-state index contributed by atoms with van der Waals surface area (Å²) < 4.78 is 5.46. The van der Waals surface area contributed by atoms with Crippen LogP contribution in [0.3, 0.4) is 0 Å². The van der Waals surface area contributed by atoms with Gasteiger partial charge in [-0.15, -0.1) is 18.2 Å². The Balaban J connectivity index is 2.28. The summed E-state index contributed by atoms with van der Waals surface area (Å²) in [7, 11) is 0. The Morgan fingerprint density at radius 2 is 2.08 bits per heavy atom. The zero-order valence-corrected chi connectivity index (χ0v) is 8.28. The molecule has 0 spiro atoms. The second kappa shape index (κ2) is 4.88. The zero-order chi connectivity index (χ0) is 8.86. The molecular weight excluding hydrogens is 172 g/mol. The molecule has 0 aromatic rings. The van der Waals surface area contributed by atoms with Crippen LogP contribution in [0, 0.1) is 5.41 Å². The molecule has 0 amide bonds. The molecule has 0 radical (unpaired) electrons. The summed E-state index contributed by atoms with van der Waals surface area (Å²) in [6, 6.07) is 0. The fourth-order valence-electron chi connectivity index (χ4n) is 1.80. The minimum atomic E-state index is 0.282. The molecule has 0 aromatic carbocycles. The van der Waals surface area contributed by atoms with Crippen molar-refractivity contribution in [3.8, 4) is 0 Å². The Hall–Kier alpha value is -0.0100.